The van der Waals surface area contributed by atoms with Gasteiger partial charge >= 0.3 is 42.1 Å². The van der Waals surface area contributed by atoms with Crippen molar-refractivity contribution in [3.8, 4) is 0 Å². The van der Waals surface area contributed by atoms with E-state index in [2.05, 4.69) is 0 Å². The number of halogens is 3. The van der Waals surface area contributed by atoms with Crippen LogP contribution in [0.5, 0.6) is 0 Å². The molecule has 0 saturated heterocycles. The van der Waals surface area contributed by atoms with Crippen molar-refractivity contribution < 1.29 is 13.0 Å². The molecule has 0 amide bonds. The summed E-state index contributed by atoms with van der Waals surface area (Å²) < 4.78 is 0. The van der Waals surface area contributed by atoms with E-state index in [0.717, 1.165) is 0 Å². The summed E-state index contributed by atoms with van der Waals surface area (Å²) in [5, 5.41) is 0. The van der Waals surface area contributed by atoms with Gasteiger partial charge in [-0.1, -0.05) is 0 Å². The van der Waals surface area contributed by atoms with Gasteiger partial charge in [0.25, 0.3) is 0 Å². The third-order valence-corrected chi connectivity index (χ3v) is 0. The molecule has 0 radical (unpaired) electrons. The average Bonchev–Trinajstić information content (AvgIpc) is 0.811. The maximum absolute atomic E-state index is 4.95. The second kappa shape index (κ2) is 5.49. The van der Waals surface area contributed by atoms with Gasteiger partial charge in [0.1, 0.15) is 0 Å². The van der Waals surface area contributed by atoms with E-state index >= 15 is 0 Å². The van der Waals surface area contributed by atoms with Gasteiger partial charge in [-0.2, -0.15) is 0 Å². The Labute approximate surface area is 49.4 Å². The Morgan fingerprint density at radius 1 is 1.00 bits per heavy atom. The molecule has 0 bridgehead atoms. The second-order valence-corrected chi connectivity index (χ2v) is 8.07. The maximum atomic E-state index is 4.95. The van der Waals surface area contributed by atoms with Crippen LogP contribution >= 0.6 is 29.1 Å². The van der Waals surface area contributed by atoms with E-state index in [1.54, 1.807) is 0 Å². The van der Waals surface area contributed by atoms with Crippen molar-refractivity contribution in [2.45, 2.75) is 0 Å². The normalized spacial score (nSPS) is 9.00. The average molecular weight is 222 g/mol. The van der Waals surface area contributed by atoms with Crippen molar-refractivity contribution in [2.75, 3.05) is 0 Å². The van der Waals surface area contributed by atoms with Crippen molar-refractivity contribution in [3.63, 3.8) is 0 Å². The molecule has 0 atom stereocenters. The van der Waals surface area contributed by atoms with Gasteiger partial charge < -0.3 is 7.43 Å². The van der Waals surface area contributed by atoms with Crippen LogP contribution in [-0.2, 0) is 13.0 Å². The summed E-state index contributed by atoms with van der Waals surface area (Å²) >= 11 is -1.75. The van der Waals surface area contributed by atoms with Crippen LogP contribution < -0.4 is 0 Å². The summed E-state index contributed by atoms with van der Waals surface area (Å²) in [5.74, 6) is 0. The van der Waals surface area contributed by atoms with Gasteiger partial charge in [-0.25, -0.2) is 0 Å². The van der Waals surface area contributed by atoms with Gasteiger partial charge in [0.15, 0.2) is 0 Å². The summed E-state index contributed by atoms with van der Waals surface area (Å²) in [7, 11) is 14.8. The van der Waals surface area contributed by atoms with Crippen LogP contribution in [0.25, 0.3) is 0 Å². The molecule has 0 saturated carbocycles. The molecule has 0 aromatic carbocycles. The van der Waals surface area contributed by atoms with Crippen molar-refractivity contribution >= 4 is 29.1 Å². The molecule has 0 aromatic heterocycles. The zero-order valence-corrected chi connectivity index (χ0v) is 6.49. The fourth-order valence-corrected chi connectivity index (χ4v) is 0. The van der Waals surface area contributed by atoms with Gasteiger partial charge in [0, 0.05) is 0 Å². The van der Waals surface area contributed by atoms with E-state index in [9.17, 15) is 0 Å². The van der Waals surface area contributed by atoms with Crippen LogP contribution in [0, 0.1) is 7.43 Å². The predicted molar refractivity (Wildman–Crippen MR) is 24.0 cm³/mol. The third kappa shape index (κ3) is 30.1. The molecule has 37 valence electrons. The number of hydrogen-bond acceptors (Lipinski definition) is 0. The number of rotatable bonds is 0. The van der Waals surface area contributed by atoms with Gasteiger partial charge in [0.05, 0.1) is 0 Å². The first-order valence-corrected chi connectivity index (χ1v) is 7.12. The first-order chi connectivity index (χ1) is 1.73. The van der Waals surface area contributed by atoms with Gasteiger partial charge in [-0.15, -0.1) is 0 Å². The zero-order valence-electron chi connectivity index (χ0n) is 2.49. The Morgan fingerprint density at radius 3 is 1.00 bits per heavy atom. The Balaban J connectivity index is 0. The van der Waals surface area contributed by atoms with E-state index in [4.69, 9.17) is 29.1 Å². The van der Waals surface area contributed by atoms with Crippen molar-refractivity contribution in [3.05, 3.63) is 7.43 Å². The van der Waals surface area contributed by atoms with E-state index in [-0.39, 0.29) is 7.43 Å². The van der Waals surface area contributed by atoms with Crippen molar-refractivity contribution in [1.82, 2.24) is 0 Å². The Bertz CT molecular complexity index is 11.6. The fraction of sp³-hybridized carbons (Fsp3) is 0. The van der Waals surface area contributed by atoms with E-state index in [0.29, 0.717) is 0 Å². The Hall–Kier alpha value is 1.49. The molecule has 0 nitrogen and oxygen atoms in total. The van der Waals surface area contributed by atoms with Gasteiger partial charge in [-0.05, 0) is 0 Å². The van der Waals surface area contributed by atoms with Crippen LogP contribution in [-0.4, -0.2) is 0 Å². The van der Waals surface area contributed by atoms with E-state index in [1.165, 1.54) is 0 Å². The molecule has 0 N–H and O–H groups in total. The summed E-state index contributed by atoms with van der Waals surface area (Å²) in [4.78, 5) is 0. The van der Waals surface area contributed by atoms with E-state index in [1.807, 2.05) is 0 Å². The second-order valence-electron chi connectivity index (χ2n) is 0.152. The summed E-state index contributed by atoms with van der Waals surface area (Å²) in [6.07, 6.45) is 0. The molecule has 0 heterocycles. The molecule has 0 aliphatic rings. The molecule has 0 aromatic rings. The van der Waals surface area contributed by atoms with Crippen LogP contribution in [0.1, 0.15) is 0 Å². The Morgan fingerprint density at radius 2 is 1.00 bits per heavy atom. The van der Waals surface area contributed by atoms with Crippen LogP contribution in [0.4, 0.5) is 0 Å². The quantitative estimate of drug-likeness (QED) is 0.436. The molecule has 0 fully saturated rings. The summed E-state index contributed by atoms with van der Waals surface area (Å²) in [5.41, 5.74) is 0. The minimum atomic E-state index is -1.75. The predicted octanol–water partition coefficient (Wildman–Crippen LogP) is 2.52. The molecule has 5 heavy (non-hydrogen) atoms. The molecule has 0 spiro atoms. The van der Waals surface area contributed by atoms with Crippen LogP contribution in [0.2, 0.25) is 0 Å². The minimum absolute atomic E-state index is 0. The summed E-state index contributed by atoms with van der Waals surface area (Å²) in [6.45, 7) is 0. The molecule has 0 rings (SSSR count). The Kier molecular flexibility index (Phi) is 10.7. The first-order valence-electron chi connectivity index (χ1n) is 0.401. The first kappa shape index (κ1) is 9.71. The SMILES string of the molecule is [CH3-].[Cl][Ru]([Cl])[Cl]. The van der Waals surface area contributed by atoms with E-state index < -0.39 is 13.0 Å². The molecule has 0 unspecified atom stereocenters. The van der Waals surface area contributed by atoms with Crippen molar-refractivity contribution in [2.24, 2.45) is 0 Å². The summed E-state index contributed by atoms with van der Waals surface area (Å²) in [6, 6.07) is 0. The third-order valence-electron chi connectivity index (χ3n) is 0. The molecular weight excluding hydrogens is 219 g/mol. The zero-order chi connectivity index (χ0) is 3.58. The van der Waals surface area contributed by atoms with Crippen LogP contribution in [0.3, 0.4) is 0 Å². The van der Waals surface area contributed by atoms with Crippen LogP contribution in [0.15, 0.2) is 0 Å². The standard InChI is InChI=1S/CH3.3ClH.Ru/h1H3;3*1H;/q-1;;;;+3/p-3. The molecular formula is CH3Cl3Ru-. The van der Waals surface area contributed by atoms with Crippen molar-refractivity contribution in [1.29, 1.82) is 0 Å². The molecule has 0 aliphatic heterocycles. The van der Waals surface area contributed by atoms with Gasteiger partial charge in [0.2, 0.25) is 0 Å². The van der Waals surface area contributed by atoms with Gasteiger partial charge in [-0.3, -0.25) is 0 Å². The monoisotopic (exact) mass is 222 g/mol. The molecule has 4 heteroatoms. The molecule has 0 aliphatic carbocycles. The fourth-order valence-electron chi connectivity index (χ4n) is 0. The number of hydrogen-bond donors (Lipinski definition) is 0. The topological polar surface area (TPSA) is 0 Å².